The second-order valence-electron chi connectivity index (χ2n) is 8.55. The summed E-state index contributed by atoms with van der Waals surface area (Å²) in [7, 11) is 0. The van der Waals surface area contributed by atoms with Gasteiger partial charge in [0.25, 0.3) is 0 Å². The zero-order chi connectivity index (χ0) is 22.1. The lowest BCUT2D eigenvalue weighted by Gasteiger charge is -2.11. The molecule has 176 valence electrons. The highest BCUT2D eigenvalue weighted by molar-refractivity contribution is 5.24. The first kappa shape index (κ1) is 24.8. The van der Waals surface area contributed by atoms with Crippen LogP contribution in [0.15, 0.2) is 48.5 Å². The predicted octanol–water partition coefficient (Wildman–Crippen LogP) is 1.72. The van der Waals surface area contributed by atoms with Crippen LogP contribution in [0.25, 0.3) is 0 Å². The van der Waals surface area contributed by atoms with Crippen LogP contribution in [0, 0.1) is 0 Å². The predicted molar refractivity (Wildman–Crippen MR) is 135 cm³/mol. The Labute approximate surface area is 194 Å². The van der Waals surface area contributed by atoms with Crippen molar-refractivity contribution in [3.05, 3.63) is 70.8 Å². The van der Waals surface area contributed by atoms with Crippen molar-refractivity contribution in [1.82, 2.24) is 31.9 Å². The Kier molecular flexibility index (Phi) is 12.3. The van der Waals surface area contributed by atoms with Crippen LogP contribution >= 0.6 is 0 Å². The molecule has 1 aliphatic heterocycles. The number of hydrogen-bond donors (Lipinski definition) is 6. The number of rotatable bonds is 0. The van der Waals surface area contributed by atoms with Gasteiger partial charge >= 0.3 is 0 Å². The molecule has 0 unspecified atom stereocenters. The fourth-order valence-corrected chi connectivity index (χ4v) is 3.91. The van der Waals surface area contributed by atoms with Gasteiger partial charge in [0, 0.05) is 52.4 Å². The van der Waals surface area contributed by atoms with Gasteiger partial charge < -0.3 is 31.9 Å². The maximum atomic E-state index is 3.57. The van der Waals surface area contributed by atoms with Gasteiger partial charge in [0.15, 0.2) is 0 Å². The molecule has 4 bridgehead atoms. The van der Waals surface area contributed by atoms with Gasteiger partial charge in [-0.15, -0.1) is 0 Å². The fourth-order valence-electron chi connectivity index (χ4n) is 3.91. The summed E-state index contributed by atoms with van der Waals surface area (Å²) in [6, 6.07) is 17.8. The molecule has 0 radical (unpaired) electrons. The summed E-state index contributed by atoms with van der Waals surface area (Å²) < 4.78 is 0. The van der Waals surface area contributed by atoms with E-state index >= 15 is 0 Å². The molecular formula is C26H42N6. The van der Waals surface area contributed by atoms with Crippen LogP contribution in [0.3, 0.4) is 0 Å². The lowest BCUT2D eigenvalue weighted by molar-refractivity contribution is 0.568. The third kappa shape index (κ3) is 10.7. The third-order valence-electron chi connectivity index (χ3n) is 5.67. The van der Waals surface area contributed by atoms with Crippen molar-refractivity contribution in [3.8, 4) is 0 Å². The van der Waals surface area contributed by atoms with Crippen LogP contribution in [0.5, 0.6) is 0 Å². The van der Waals surface area contributed by atoms with Gasteiger partial charge in [-0.1, -0.05) is 48.5 Å². The molecule has 0 fully saturated rings. The van der Waals surface area contributed by atoms with Gasteiger partial charge in [0.05, 0.1) is 0 Å². The van der Waals surface area contributed by atoms with E-state index < -0.39 is 0 Å². The maximum Gasteiger partial charge on any atom is 0.0206 e. The largest absolute Gasteiger partial charge is 0.315 e. The molecule has 0 spiro atoms. The molecule has 0 atom stereocenters. The van der Waals surface area contributed by atoms with Crippen molar-refractivity contribution in [2.45, 2.75) is 39.0 Å². The van der Waals surface area contributed by atoms with Gasteiger partial charge in [-0.25, -0.2) is 0 Å². The van der Waals surface area contributed by atoms with Crippen molar-refractivity contribution < 1.29 is 0 Å². The second-order valence-corrected chi connectivity index (χ2v) is 8.55. The topological polar surface area (TPSA) is 72.2 Å². The fraction of sp³-hybridized carbons (Fsp3) is 0.538. The summed E-state index contributed by atoms with van der Waals surface area (Å²) in [6.45, 7) is 11.9. The van der Waals surface area contributed by atoms with Crippen molar-refractivity contribution in [1.29, 1.82) is 0 Å². The molecule has 0 saturated carbocycles. The van der Waals surface area contributed by atoms with Gasteiger partial charge in [-0.3, -0.25) is 0 Å². The summed E-state index contributed by atoms with van der Waals surface area (Å²) in [5.74, 6) is 0. The number of hydrogen-bond acceptors (Lipinski definition) is 6. The molecule has 6 heteroatoms. The van der Waals surface area contributed by atoms with E-state index in [2.05, 4.69) is 80.4 Å². The summed E-state index contributed by atoms with van der Waals surface area (Å²) in [4.78, 5) is 0. The zero-order valence-corrected chi connectivity index (χ0v) is 19.5. The van der Waals surface area contributed by atoms with E-state index in [1.807, 2.05) is 0 Å². The SMILES string of the molecule is c1cc2cc(c1)CNCCCNCCNCc1cccc(c1)CNCCNCCCNC2. The van der Waals surface area contributed by atoms with E-state index in [-0.39, 0.29) is 0 Å². The van der Waals surface area contributed by atoms with Crippen LogP contribution in [-0.2, 0) is 26.2 Å². The Morgan fingerprint density at radius 2 is 0.688 bits per heavy atom. The molecule has 2 aromatic carbocycles. The average molecular weight is 439 g/mol. The Morgan fingerprint density at radius 3 is 1.09 bits per heavy atom. The molecule has 3 rings (SSSR count). The minimum atomic E-state index is 0.922. The van der Waals surface area contributed by atoms with Crippen molar-refractivity contribution in [3.63, 3.8) is 0 Å². The highest BCUT2D eigenvalue weighted by Gasteiger charge is 1.99. The van der Waals surface area contributed by atoms with Gasteiger partial charge in [-0.2, -0.15) is 0 Å². The Balaban J connectivity index is 1.41. The van der Waals surface area contributed by atoms with E-state index in [1.54, 1.807) is 0 Å². The Bertz CT molecular complexity index is 633. The lowest BCUT2D eigenvalue weighted by atomic mass is 10.1. The highest BCUT2D eigenvalue weighted by atomic mass is 15.0. The number of nitrogens with one attached hydrogen (secondary N) is 6. The van der Waals surface area contributed by atoms with E-state index in [4.69, 9.17) is 0 Å². The summed E-state index contributed by atoms with van der Waals surface area (Å²) in [5.41, 5.74) is 5.43. The van der Waals surface area contributed by atoms with E-state index in [0.717, 1.165) is 91.4 Å². The smallest absolute Gasteiger partial charge is 0.0206 e. The van der Waals surface area contributed by atoms with Crippen LogP contribution in [-0.4, -0.2) is 52.4 Å². The van der Waals surface area contributed by atoms with Crippen LogP contribution in [0.2, 0.25) is 0 Å². The molecular weight excluding hydrogens is 396 g/mol. The molecule has 2 aromatic rings. The summed E-state index contributed by atoms with van der Waals surface area (Å²) >= 11 is 0. The molecule has 0 saturated heterocycles. The van der Waals surface area contributed by atoms with Crippen LogP contribution < -0.4 is 31.9 Å². The Hall–Kier alpha value is -1.80. The summed E-state index contributed by atoms with van der Waals surface area (Å²) in [6.07, 6.45) is 2.29. The monoisotopic (exact) mass is 438 g/mol. The zero-order valence-electron chi connectivity index (χ0n) is 19.5. The van der Waals surface area contributed by atoms with E-state index in [0.29, 0.717) is 0 Å². The first-order valence-electron chi connectivity index (χ1n) is 12.3. The van der Waals surface area contributed by atoms with E-state index in [9.17, 15) is 0 Å². The Morgan fingerprint density at radius 1 is 0.375 bits per heavy atom. The first-order chi connectivity index (χ1) is 15.9. The van der Waals surface area contributed by atoms with Crippen molar-refractivity contribution in [2.75, 3.05) is 52.4 Å². The first-order valence-corrected chi connectivity index (χ1v) is 12.3. The molecule has 6 N–H and O–H groups in total. The third-order valence-corrected chi connectivity index (χ3v) is 5.67. The average Bonchev–Trinajstić information content (AvgIpc) is 2.81. The molecule has 1 heterocycles. The normalized spacial score (nSPS) is 19.2. The van der Waals surface area contributed by atoms with Gasteiger partial charge in [0.1, 0.15) is 0 Å². The standard InChI is InChI=1S/C26H42N6/c1-5-23-17-24(6-1)20-30-12-4-10-28-14-16-32-22-26-8-2-7-25(18-26)21-31-15-13-27-9-3-11-29-19-23/h1-2,5-8,17-18,27-32H,3-4,9-16,19-22H2. The highest BCUT2D eigenvalue weighted by Crippen LogP contribution is 2.06. The van der Waals surface area contributed by atoms with E-state index in [1.165, 1.54) is 22.3 Å². The number of fused-ring (bicyclic) bond motifs is 4. The second kappa shape index (κ2) is 15.9. The quantitative estimate of drug-likeness (QED) is 0.376. The maximum absolute atomic E-state index is 3.57. The summed E-state index contributed by atoms with van der Waals surface area (Å²) in [5, 5.41) is 21.3. The van der Waals surface area contributed by atoms with Crippen LogP contribution in [0.4, 0.5) is 0 Å². The van der Waals surface area contributed by atoms with Crippen molar-refractivity contribution >= 4 is 0 Å². The van der Waals surface area contributed by atoms with Crippen LogP contribution in [0.1, 0.15) is 35.1 Å². The molecule has 32 heavy (non-hydrogen) atoms. The molecule has 0 amide bonds. The molecule has 6 nitrogen and oxygen atoms in total. The minimum absolute atomic E-state index is 0.922. The molecule has 0 aliphatic carbocycles. The molecule has 1 aliphatic rings. The molecule has 0 aromatic heterocycles. The minimum Gasteiger partial charge on any atom is -0.315 e. The number of benzene rings is 2. The lowest BCUT2D eigenvalue weighted by Crippen LogP contribution is -2.29. The van der Waals surface area contributed by atoms with Crippen molar-refractivity contribution in [2.24, 2.45) is 0 Å². The van der Waals surface area contributed by atoms with Gasteiger partial charge in [-0.05, 0) is 61.3 Å². The van der Waals surface area contributed by atoms with Gasteiger partial charge in [0.2, 0.25) is 0 Å².